The first-order chi connectivity index (χ1) is 18.6. The van der Waals surface area contributed by atoms with Crippen molar-refractivity contribution in [2.45, 2.75) is 67.2 Å². The molecule has 0 radical (unpaired) electrons. The lowest BCUT2D eigenvalue weighted by atomic mass is 9.99. The largest absolute Gasteiger partial charge is 0.151 e. The Morgan fingerprint density at radius 1 is 0.692 bits per heavy atom. The second-order valence-corrected chi connectivity index (χ2v) is 11.6. The number of aryl methyl sites for hydroxylation is 3. The maximum absolute atomic E-state index is 4.70. The topological polar surface area (TPSA) is 24.7 Å². The van der Waals surface area contributed by atoms with E-state index in [1.165, 1.54) is 61.2 Å². The van der Waals surface area contributed by atoms with E-state index < -0.39 is 0 Å². The highest BCUT2D eigenvalue weighted by molar-refractivity contribution is 6.02. The fourth-order valence-corrected chi connectivity index (χ4v) is 5.53. The Morgan fingerprint density at radius 3 is 2.05 bits per heavy atom. The Bertz CT molecular complexity index is 1620. The molecule has 0 saturated carbocycles. The van der Waals surface area contributed by atoms with Crippen molar-refractivity contribution in [1.29, 1.82) is 0 Å². The summed E-state index contributed by atoms with van der Waals surface area (Å²) in [5.74, 6) is 0.983. The zero-order valence-corrected chi connectivity index (χ0v) is 24.6. The highest BCUT2D eigenvalue weighted by atomic mass is 15.1. The lowest BCUT2D eigenvalue weighted by molar-refractivity contribution is 0.868. The Kier molecular flexibility index (Phi) is 7.32. The molecule has 0 fully saturated rings. The van der Waals surface area contributed by atoms with Gasteiger partial charge in [-0.3, -0.25) is 0 Å². The van der Waals surface area contributed by atoms with E-state index in [4.69, 9.17) is 5.11 Å². The fourth-order valence-electron chi connectivity index (χ4n) is 5.53. The van der Waals surface area contributed by atoms with Crippen LogP contribution in [0.15, 0.2) is 83.0 Å². The number of benzene rings is 1. The lowest BCUT2D eigenvalue weighted by Gasteiger charge is -2.03. The molecule has 0 aliphatic heterocycles. The molecule has 2 heteroatoms. The predicted octanol–water partition coefficient (Wildman–Crippen LogP) is 11.6. The molecule has 0 atom stereocenters. The van der Waals surface area contributed by atoms with Crippen molar-refractivity contribution in [3.05, 3.63) is 117 Å². The number of hydrogen-bond acceptors (Lipinski definition) is 2. The first-order valence-electron chi connectivity index (χ1n) is 14.1. The van der Waals surface area contributed by atoms with Crippen LogP contribution < -0.4 is 0 Å². The van der Waals surface area contributed by atoms with Gasteiger partial charge in [-0.2, -0.15) is 5.11 Å². The van der Waals surface area contributed by atoms with Gasteiger partial charge in [-0.05, 0) is 97.8 Å². The molecule has 0 unspecified atom stereocenters. The molecule has 0 heterocycles. The molecular formula is C37H39N2+. The fraction of sp³-hybridized carbons (Fsp3) is 0.270. The number of nitrogens with zero attached hydrogens (tertiary/aromatic N) is 2. The van der Waals surface area contributed by atoms with E-state index in [-0.39, 0.29) is 0 Å². The van der Waals surface area contributed by atoms with Crippen molar-refractivity contribution in [3.8, 4) is 11.1 Å². The van der Waals surface area contributed by atoms with Crippen LogP contribution in [-0.2, 0) is 0 Å². The molecule has 0 N–H and O–H groups in total. The van der Waals surface area contributed by atoms with Crippen LogP contribution in [0.2, 0.25) is 0 Å². The quantitative estimate of drug-likeness (QED) is 0.188. The second-order valence-electron chi connectivity index (χ2n) is 11.6. The highest BCUT2D eigenvalue weighted by Crippen LogP contribution is 2.42. The highest BCUT2D eigenvalue weighted by Gasteiger charge is 2.25. The lowest BCUT2D eigenvalue weighted by Crippen LogP contribution is -1.86. The molecule has 0 saturated heterocycles. The minimum atomic E-state index is 0.481. The summed E-state index contributed by atoms with van der Waals surface area (Å²) in [6.07, 6.45) is 4.59. The van der Waals surface area contributed by atoms with Crippen LogP contribution >= 0.6 is 0 Å². The molecule has 0 amide bonds. The molecule has 196 valence electrons. The molecule has 0 bridgehead atoms. The van der Waals surface area contributed by atoms with Crippen molar-refractivity contribution in [1.82, 2.24) is 0 Å². The first-order valence-corrected chi connectivity index (χ1v) is 14.1. The Balaban J connectivity index is 1.43. The summed E-state index contributed by atoms with van der Waals surface area (Å²) in [4.78, 5) is 0. The van der Waals surface area contributed by atoms with Crippen LogP contribution in [0.3, 0.4) is 0 Å². The van der Waals surface area contributed by atoms with Gasteiger partial charge in [-0.25, -0.2) is 0 Å². The number of allylic oxidation sites excluding steroid dienone is 3. The second kappa shape index (κ2) is 10.7. The van der Waals surface area contributed by atoms with Crippen molar-refractivity contribution in [2.24, 2.45) is 10.2 Å². The minimum absolute atomic E-state index is 0.481. The summed E-state index contributed by atoms with van der Waals surface area (Å²) in [5.41, 5.74) is 17.2. The summed E-state index contributed by atoms with van der Waals surface area (Å²) in [5, 5.41) is 9.32. The smallest absolute Gasteiger partial charge is 0.0977 e. The molecular weight excluding hydrogens is 472 g/mol. The van der Waals surface area contributed by atoms with Crippen molar-refractivity contribution in [2.75, 3.05) is 0 Å². The van der Waals surface area contributed by atoms with Gasteiger partial charge >= 0.3 is 0 Å². The van der Waals surface area contributed by atoms with Gasteiger partial charge in [-0.15, -0.1) is 5.11 Å². The monoisotopic (exact) mass is 511 g/mol. The number of rotatable bonds is 5. The maximum atomic E-state index is 4.70. The number of fused-ring (bicyclic) bond motifs is 2. The summed E-state index contributed by atoms with van der Waals surface area (Å²) in [6.45, 7) is 17.7. The molecule has 5 rings (SSSR count). The SMILES string of the molecule is CC1=C/C(=C\c2ccc(N=Nc3cc(C)c4cc(C(C)C)ccc(C)c3-4)cc2)c2c(C)ccc(C(C)C)c[c+]21. The van der Waals surface area contributed by atoms with Crippen molar-refractivity contribution in [3.63, 3.8) is 0 Å². The van der Waals surface area contributed by atoms with Crippen molar-refractivity contribution < 1.29 is 0 Å². The summed E-state index contributed by atoms with van der Waals surface area (Å²) < 4.78 is 0. The average Bonchev–Trinajstić information content (AvgIpc) is 3.20. The van der Waals surface area contributed by atoms with Crippen LogP contribution in [0.1, 0.15) is 91.0 Å². The van der Waals surface area contributed by atoms with Gasteiger partial charge in [-0.1, -0.05) is 58.0 Å². The van der Waals surface area contributed by atoms with E-state index >= 15 is 0 Å². The summed E-state index contributed by atoms with van der Waals surface area (Å²) >= 11 is 0. The van der Waals surface area contributed by atoms with E-state index in [2.05, 4.69) is 139 Å². The van der Waals surface area contributed by atoms with Crippen LogP contribution in [0.4, 0.5) is 11.4 Å². The minimum Gasteiger partial charge on any atom is -0.151 e. The standard InChI is InChI=1S/C37H39N2/c1-22(2)29-13-9-24(5)36-31(17-26(7)33(36)20-29)19-28-11-15-32(16-12-28)38-39-35-18-27(8)34-21-30(23(3)4)14-10-25(6)37(34)35/h9-23H,1-8H3/q+1/b31-19+,39-38?. The zero-order valence-electron chi connectivity index (χ0n) is 24.6. The molecule has 0 aromatic heterocycles. The maximum Gasteiger partial charge on any atom is 0.0977 e. The van der Waals surface area contributed by atoms with E-state index in [0.717, 1.165) is 16.9 Å². The van der Waals surface area contributed by atoms with Gasteiger partial charge in [0.05, 0.1) is 28.1 Å². The first kappa shape index (κ1) is 26.7. The van der Waals surface area contributed by atoms with Crippen LogP contribution in [-0.4, -0.2) is 0 Å². The molecule has 3 aliphatic carbocycles. The van der Waals surface area contributed by atoms with E-state index in [0.29, 0.717) is 11.8 Å². The zero-order chi connectivity index (χ0) is 27.8. The van der Waals surface area contributed by atoms with Gasteiger partial charge in [0, 0.05) is 40.3 Å². The molecule has 0 spiro atoms. The molecule has 2 nitrogen and oxygen atoms in total. The third-order valence-corrected chi connectivity index (χ3v) is 7.94. The third-order valence-electron chi connectivity index (χ3n) is 7.94. The molecule has 39 heavy (non-hydrogen) atoms. The molecule has 2 aromatic rings. The predicted molar refractivity (Wildman–Crippen MR) is 168 cm³/mol. The van der Waals surface area contributed by atoms with Crippen LogP contribution in [0, 0.1) is 20.8 Å². The Labute approximate surface area is 234 Å². The summed E-state index contributed by atoms with van der Waals surface area (Å²) in [6, 6.07) is 24.2. The summed E-state index contributed by atoms with van der Waals surface area (Å²) in [7, 11) is 0. The third kappa shape index (κ3) is 5.34. The van der Waals surface area contributed by atoms with E-state index in [1.54, 1.807) is 0 Å². The van der Waals surface area contributed by atoms with Crippen molar-refractivity contribution >= 4 is 28.6 Å². The van der Waals surface area contributed by atoms with Crippen LogP contribution in [0.25, 0.3) is 28.3 Å². The number of azo groups is 1. The van der Waals surface area contributed by atoms with Gasteiger partial charge < -0.3 is 0 Å². The van der Waals surface area contributed by atoms with Gasteiger partial charge in [0.1, 0.15) is 0 Å². The molecule has 2 aromatic carbocycles. The van der Waals surface area contributed by atoms with E-state index in [9.17, 15) is 0 Å². The van der Waals surface area contributed by atoms with Crippen LogP contribution in [0.5, 0.6) is 0 Å². The Morgan fingerprint density at radius 2 is 1.36 bits per heavy atom. The van der Waals surface area contributed by atoms with E-state index in [1.807, 2.05) is 0 Å². The Hall–Kier alpha value is -3.91. The van der Waals surface area contributed by atoms with Gasteiger partial charge in [0.25, 0.3) is 0 Å². The van der Waals surface area contributed by atoms with Gasteiger partial charge in [0.15, 0.2) is 0 Å². The van der Waals surface area contributed by atoms with Gasteiger partial charge in [0.2, 0.25) is 0 Å². The normalized spacial score (nSPS) is 14.2. The number of hydrogen-bond donors (Lipinski definition) is 0. The molecule has 3 aliphatic rings. The average molecular weight is 512 g/mol.